The SMILES string of the molecule is Cc1ccc(C)c(-n2ncc(CC(=O)NO)c2CCc2cccc(F)c2C)c1. The number of carbonyl (C=O) groups excluding carboxylic acids is 1. The Morgan fingerprint density at radius 3 is 2.68 bits per heavy atom. The van der Waals surface area contributed by atoms with Gasteiger partial charge in [-0.1, -0.05) is 24.3 Å². The normalized spacial score (nSPS) is 10.9. The summed E-state index contributed by atoms with van der Waals surface area (Å²) in [6.07, 6.45) is 2.89. The molecule has 0 aliphatic rings. The molecule has 3 aromatic rings. The van der Waals surface area contributed by atoms with Crippen LogP contribution in [-0.4, -0.2) is 20.9 Å². The van der Waals surface area contributed by atoms with Gasteiger partial charge in [0.15, 0.2) is 0 Å². The van der Waals surface area contributed by atoms with Gasteiger partial charge in [-0.05, 0) is 68.0 Å². The second-order valence-corrected chi connectivity index (χ2v) is 7.05. The number of nitrogens with zero attached hydrogens (tertiary/aromatic N) is 2. The largest absolute Gasteiger partial charge is 0.289 e. The van der Waals surface area contributed by atoms with E-state index in [1.54, 1.807) is 24.7 Å². The maximum absolute atomic E-state index is 13.9. The van der Waals surface area contributed by atoms with Gasteiger partial charge in [0, 0.05) is 11.3 Å². The molecule has 5 nitrogen and oxygen atoms in total. The van der Waals surface area contributed by atoms with Crippen molar-refractivity contribution in [2.75, 3.05) is 0 Å². The van der Waals surface area contributed by atoms with Crippen molar-refractivity contribution in [2.45, 2.75) is 40.0 Å². The fourth-order valence-electron chi connectivity index (χ4n) is 3.37. The molecule has 6 heteroatoms. The molecule has 0 spiro atoms. The predicted octanol–water partition coefficient (Wildman–Crippen LogP) is 3.77. The van der Waals surface area contributed by atoms with E-state index in [2.05, 4.69) is 11.2 Å². The molecule has 28 heavy (non-hydrogen) atoms. The highest BCUT2D eigenvalue weighted by Gasteiger charge is 2.17. The molecule has 2 N–H and O–H groups in total. The van der Waals surface area contributed by atoms with Crippen molar-refractivity contribution in [2.24, 2.45) is 0 Å². The first-order chi connectivity index (χ1) is 13.4. The van der Waals surface area contributed by atoms with Crippen LogP contribution in [0.5, 0.6) is 0 Å². The van der Waals surface area contributed by atoms with Crippen LogP contribution in [0.3, 0.4) is 0 Å². The molecule has 146 valence electrons. The topological polar surface area (TPSA) is 67.2 Å². The van der Waals surface area contributed by atoms with Gasteiger partial charge in [0.05, 0.1) is 18.3 Å². The summed E-state index contributed by atoms with van der Waals surface area (Å²) in [4.78, 5) is 11.7. The molecule has 0 saturated carbocycles. The van der Waals surface area contributed by atoms with E-state index in [1.165, 1.54) is 6.07 Å². The average Bonchev–Trinajstić information content (AvgIpc) is 3.07. The highest BCUT2D eigenvalue weighted by molar-refractivity contribution is 5.77. The van der Waals surface area contributed by atoms with Crippen LogP contribution in [0.1, 0.15) is 33.5 Å². The molecule has 2 aromatic carbocycles. The summed E-state index contributed by atoms with van der Waals surface area (Å²) in [5.41, 5.74) is 7.96. The standard InChI is InChI=1S/C22H24FN3O2/c1-14-7-8-15(2)21(11-14)26-20(18(13-24-26)12-22(27)25-28)10-9-17-5-4-6-19(23)16(17)3/h4-8,11,13,28H,9-10,12H2,1-3H3,(H,25,27). The van der Waals surface area contributed by atoms with Crippen LogP contribution in [-0.2, 0) is 24.1 Å². The van der Waals surface area contributed by atoms with E-state index >= 15 is 0 Å². The second-order valence-electron chi connectivity index (χ2n) is 7.05. The summed E-state index contributed by atoms with van der Waals surface area (Å²) in [6.45, 7) is 5.80. The number of hydrogen-bond acceptors (Lipinski definition) is 3. The van der Waals surface area contributed by atoms with Gasteiger partial charge in [0.1, 0.15) is 5.82 Å². The summed E-state index contributed by atoms with van der Waals surface area (Å²) in [7, 11) is 0. The molecule has 1 amide bonds. The molecule has 0 bridgehead atoms. The number of benzene rings is 2. The van der Waals surface area contributed by atoms with Crippen molar-refractivity contribution in [1.82, 2.24) is 15.3 Å². The molecule has 1 aromatic heterocycles. The van der Waals surface area contributed by atoms with E-state index < -0.39 is 5.91 Å². The van der Waals surface area contributed by atoms with Crippen LogP contribution in [0.2, 0.25) is 0 Å². The molecule has 0 aliphatic heterocycles. The van der Waals surface area contributed by atoms with Gasteiger partial charge in [-0.15, -0.1) is 0 Å². The Hall–Kier alpha value is -2.99. The first-order valence-electron chi connectivity index (χ1n) is 9.21. The zero-order valence-corrected chi connectivity index (χ0v) is 16.3. The minimum Gasteiger partial charge on any atom is -0.289 e. The highest BCUT2D eigenvalue weighted by Crippen LogP contribution is 2.23. The minimum absolute atomic E-state index is 0.0266. The Bertz CT molecular complexity index is 1010. The number of carbonyl (C=O) groups is 1. The number of amides is 1. The van der Waals surface area contributed by atoms with Crippen LogP contribution >= 0.6 is 0 Å². The van der Waals surface area contributed by atoms with Gasteiger partial charge in [-0.3, -0.25) is 10.0 Å². The fraction of sp³-hybridized carbons (Fsp3) is 0.273. The van der Waals surface area contributed by atoms with Gasteiger partial charge < -0.3 is 0 Å². The quantitative estimate of drug-likeness (QED) is 0.505. The first-order valence-corrected chi connectivity index (χ1v) is 9.21. The minimum atomic E-state index is -0.497. The molecule has 0 unspecified atom stereocenters. The number of rotatable bonds is 6. The van der Waals surface area contributed by atoms with E-state index in [0.29, 0.717) is 18.4 Å². The molecule has 1 heterocycles. The third-order valence-corrected chi connectivity index (χ3v) is 5.03. The summed E-state index contributed by atoms with van der Waals surface area (Å²) < 4.78 is 15.7. The summed E-state index contributed by atoms with van der Waals surface area (Å²) >= 11 is 0. The summed E-state index contributed by atoms with van der Waals surface area (Å²) in [5.74, 6) is -0.718. The Labute approximate surface area is 163 Å². The molecular weight excluding hydrogens is 357 g/mol. The molecule has 3 rings (SSSR count). The maximum Gasteiger partial charge on any atom is 0.247 e. The Kier molecular flexibility index (Phi) is 5.90. The number of nitrogens with one attached hydrogen (secondary N) is 1. The van der Waals surface area contributed by atoms with Crippen molar-refractivity contribution in [3.8, 4) is 5.69 Å². The Morgan fingerprint density at radius 2 is 1.93 bits per heavy atom. The summed E-state index contributed by atoms with van der Waals surface area (Å²) in [5, 5.41) is 13.4. The Balaban J connectivity index is 2.00. The van der Waals surface area contributed by atoms with Crippen LogP contribution < -0.4 is 5.48 Å². The van der Waals surface area contributed by atoms with Crippen molar-refractivity contribution >= 4 is 5.91 Å². The number of hydroxylamine groups is 1. The maximum atomic E-state index is 13.9. The van der Waals surface area contributed by atoms with Crippen LogP contribution in [0.15, 0.2) is 42.6 Å². The zero-order valence-electron chi connectivity index (χ0n) is 16.3. The highest BCUT2D eigenvalue weighted by atomic mass is 19.1. The van der Waals surface area contributed by atoms with Crippen LogP contribution in [0.25, 0.3) is 5.69 Å². The predicted molar refractivity (Wildman–Crippen MR) is 105 cm³/mol. The smallest absolute Gasteiger partial charge is 0.247 e. The molecule has 0 atom stereocenters. The lowest BCUT2D eigenvalue weighted by atomic mass is 10.00. The van der Waals surface area contributed by atoms with Gasteiger partial charge in [-0.2, -0.15) is 5.10 Å². The van der Waals surface area contributed by atoms with E-state index in [4.69, 9.17) is 5.21 Å². The van der Waals surface area contributed by atoms with Gasteiger partial charge in [0.25, 0.3) is 0 Å². The number of aromatic nitrogens is 2. The first kappa shape index (κ1) is 19.8. The van der Waals surface area contributed by atoms with E-state index in [0.717, 1.165) is 33.6 Å². The third-order valence-electron chi connectivity index (χ3n) is 5.03. The second kappa shape index (κ2) is 8.35. The van der Waals surface area contributed by atoms with Crippen LogP contribution in [0, 0.1) is 26.6 Å². The van der Waals surface area contributed by atoms with Crippen molar-refractivity contribution in [1.29, 1.82) is 0 Å². The lowest BCUT2D eigenvalue weighted by Gasteiger charge is -2.14. The number of aryl methyl sites for hydroxylation is 3. The molecule has 0 aliphatic carbocycles. The molecule has 0 saturated heterocycles. The fourth-order valence-corrected chi connectivity index (χ4v) is 3.37. The lowest BCUT2D eigenvalue weighted by molar-refractivity contribution is -0.128. The molecule has 0 radical (unpaired) electrons. The third kappa shape index (κ3) is 4.12. The number of halogens is 1. The van der Waals surface area contributed by atoms with Gasteiger partial charge in [-0.25, -0.2) is 14.6 Å². The van der Waals surface area contributed by atoms with E-state index in [9.17, 15) is 9.18 Å². The lowest BCUT2D eigenvalue weighted by Crippen LogP contribution is -2.21. The summed E-state index contributed by atoms with van der Waals surface area (Å²) in [6, 6.07) is 11.2. The average molecular weight is 381 g/mol. The van der Waals surface area contributed by atoms with Crippen molar-refractivity contribution < 1.29 is 14.4 Å². The van der Waals surface area contributed by atoms with E-state index in [1.807, 2.05) is 36.7 Å². The van der Waals surface area contributed by atoms with Crippen molar-refractivity contribution in [3.63, 3.8) is 0 Å². The Morgan fingerprint density at radius 1 is 1.14 bits per heavy atom. The zero-order chi connectivity index (χ0) is 20.3. The molecule has 0 fully saturated rings. The van der Waals surface area contributed by atoms with Gasteiger partial charge >= 0.3 is 0 Å². The van der Waals surface area contributed by atoms with Crippen molar-refractivity contribution in [3.05, 3.63) is 81.9 Å². The monoisotopic (exact) mass is 381 g/mol. The van der Waals surface area contributed by atoms with E-state index in [-0.39, 0.29) is 12.2 Å². The van der Waals surface area contributed by atoms with Crippen LogP contribution in [0.4, 0.5) is 4.39 Å². The van der Waals surface area contributed by atoms with Gasteiger partial charge in [0.2, 0.25) is 5.91 Å². The number of hydrogen-bond donors (Lipinski definition) is 2. The molecular formula is C22H24FN3O2.